The summed E-state index contributed by atoms with van der Waals surface area (Å²) in [6.07, 6.45) is 4.44. The highest BCUT2D eigenvalue weighted by molar-refractivity contribution is 6.34. The van der Waals surface area contributed by atoms with Gasteiger partial charge in [-0.15, -0.1) is 0 Å². The topological polar surface area (TPSA) is 62.3 Å². The van der Waals surface area contributed by atoms with Crippen LogP contribution in [0.4, 0.5) is 0 Å². The fourth-order valence-corrected chi connectivity index (χ4v) is 2.73. The summed E-state index contributed by atoms with van der Waals surface area (Å²) in [7, 11) is 0. The number of piperidine rings is 1. The van der Waals surface area contributed by atoms with Gasteiger partial charge in [0.25, 0.3) is 0 Å². The van der Waals surface area contributed by atoms with Gasteiger partial charge in [0, 0.05) is 32.0 Å². The average Bonchev–Trinajstić information content (AvgIpc) is 2.44. The van der Waals surface area contributed by atoms with Gasteiger partial charge >= 0.3 is 11.8 Å². The molecule has 108 valence electrons. The van der Waals surface area contributed by atoms with E-state index in [2.05, 4.69) is 24.1 Å². The fraction of sp³-hybridized carbons (Fsp3) is 0.533. The molecule has 1 aromatic rings. The molecule has 0 aliphatic carbocycles. The molecule has 5 heteroatoms. The van der Waals surface area contributed by atoms with Gasteiger partial charge in [0.05, 0.1) is 0 Å². The Kier molecular flexibility index (Phi) is 4.71. The van der Waals surface area contributed by atoms with Gasteiger partial charge in [-0.25, -0.2) is 0 Å². The van der Waals surface area contributed by atoms with Crippen molar-refractivity contribution in [2.75, 3.05) is 13.1 Å². The summed E-state index contributed by atoms with van der Waals surface area (Å²) in [6.45, 7) is 5.93. The van der Waals surface area contributed by atoms with E-state index >= 15 is 0 Å². The zero-order valence-electron chi connectivity index (χ0n) is 12.0. The van der Waals surface area contributed by atoms with Crippen LogP contribution >= 0.6 is 0 Å². The average molecular weight is 275 g/mol. The summed E-state index contributed by atoms with van der Waals surface area (Å²) < 4.78 is 0. The lowest BCUT2D eigenvalue weighted by Gasteiger charge is -2.34. The van der Waals surface area contributed by atoms with E-state index in [0.29, 0.717) is 31.5 Å². The van der Waals surface area contributed by atoms with Gasteiger partial charge in [-0.2, -0.15) is 0 Å². The van der Waals surface area contributed by atoms with Crippen molar-refractivity contribution in [3.63, 3.8) is 0 Å². The number of pyridine rings is 1. The maximum absolute atomic E-state index is 12.1. The zero-order chi connectivity index (χ0) is 14.5. The van der Waals surface area contributed by atoms with Crippen LogP contribution in [0.2, 0.25) is 0 Å². The molecule has 1 fully saturated rings. The van der Waals surface area contributed by atoms with Crippen molar-refractivity contribution in [1.29, 1.82) is 0 Å². The maximum Gasteiger partial charge on any atom is 0.311 e. The minimum absolute atomic E-state index is 0.353. The number of amides is 2. The van der Waals surface area contributed by atoms with Gasteiger partial charge in [-0.1, -0.05) is 13.8 Å². The number of nitrogens with zero attached hydrogens (tertiary/aromatic N) is 2. The van der Waals surface area contributed by atoms with Crippen LogP contribution in [0.3, 0.4) is 0 Å². The highest BCUT2D eigenvalue weighted by Crippen LogP contribution is 2.20. The van der Waals surface area contributed by atoms with Gasteiger partial charge in [0.15, 0.2) is 0 Å². The Balaban J connectivity index is 1.87. The predicted molar refractivity (Wildman–Crippen MR) is 75.6 cm³/mol. The summed E-state index contributed by atoms with van der Waals surface area (Å²) >= 11 is 0. The van der Waals surface area contributed by atoms with Gasteiger partial charge in [-0.3, -0.25) is 14.6 Å². The Morgan fingerprint density at radius 1 is 1.25 bits per heavy atom. The Hall–Kier alpha value is -1.91. The van der Waals surface area contributed by atoms with Gasteiger partial charge in [0.1, 0.15) is 0 Å². The molecule has 5 nitrogen and oxygen atoms in total. The summed E-state index contributed by atoms with van der Waals surface area (Å²) in [5.74, 6) is -0.0352. The number of carbonyl (C=O) groups is 2. The number of hydrogen-bond donors (Lipinski definition) is 1. The van der Waals surface area contributed by atoms with Crippen LogP contribution in [0, 0.1) is 11.8 Å². The molecule has 2 amide bonds. The fourth-order valence-electron chi connectivity index (χ4n) is 2.73. The van der Waals surface area contributed by atoms with E-state index in [1.54, 1.807) is 17.3 Å². The number of nitrogens with one attached hydrogen (secondary N) is 1. The van der Waals surface area contributed by atoms with Crippen LogP contribution in [0.1, 0.15) is 25.8 Å². The second-order valence-electron chi connectivity index (χ2n) is 5.69. The van der Waals surface area contributed by atoms with E-state index in [-0.39, 0.29) is 0 Å². The van der Waals surface area contributed by atoms with E-state index in [4.69, 9.17) is 0 Å². The van der Waals surface area contributed by atoms with Gasteiger partial charge in [-0.05, 0) is 36.0 Å². The second-order valence-corrected chi connectivity index (χ2v) is 5.69. The third kappa shape index (κ3) is 3.79. The van der Waals surface area contributed by atoms with Gasteiger partial charge in [0.2, 0.25) is 0 Å². The van der Waals surface area contributed by atoms with Crippen molar-refractivity contribution in [3.05, 3.63) is 30.1 Å². The Labute approximate surface area is 119 Å². The molecule has 0 aromatic carbocycles. The van der Waals surface area contributed by atoms with E-state index < -0.39 is 11.8 Å². The lowest BCUT2D eigenvalue weighted by Crippen LogP contribution is -2.48. The van der Waals surface area contributed by atoms with Crippen LogP contribution < -0.4 is 5.32 Å². The molecule has 0 saturated carbocycles. The molecule has 0 bridgehead atoms. The van der Waals surface area contributed by atoms with Crippen LogP contribution in [-0.4, -0.2) is 34.8 Å². The number of aromatic nitrogens is 1. The molecule has 2 unspecified atom stereocenters. The van der Waals surface area contributed by atoms with Crippen LogP contribution in [0.25, 0.3) is 0 Å². The van der Waals surface area contributed by atoms with Crippen LogP contribution in [0.15, 0.2) is 24.5 Å². The summed E-state index contributed by atoms with van der Waals surface area (Å²) in [4.78, 5) is 29.6. The van der Waals surface area contributed by atoms with Gasteiger partial charge < -0.3 is 10.2 Å². The molecule has 2 heterocycles. The molecule has 2 rings (SSSR count). The van der Waals surface area contributed by atoms with E-state index in [9.17, 15) is 9.59 Å². The van der Waals surface area contributed by atoms with E-state index in [1.807, 2.05) is 12.1 Å². The van der Waals surface area contributed by atoms with Crippen molar-refractivity contribution >= 4 is 11.8 Å². The second kappa shape index (κ2) is 6.50. The lowest BCUT2D eigenvalue weighted by molar-refractivity contribution is -0.147. The summed E-state index contributed by atoms with van der Waals surface area (Å²) in [5, 5.41) is 2.67. The molecule has 2 atom stereocenters. The van der Waals surface area contributed by atoms with Crippen molar-refractivity contribution in [2.45, 2.75) is 26.8 Å². The van der Waals surface area contributed by atoms with Crippen molar-refractivity contribution in [1.82, 2.24) is 15.2 Å². The molecule has 1 aromatic heterocycles. The molecule has 1 aliphatic rings. The first-order chi connectivity index (χ1) is 9.56. The number of likely N-dealkylation sites (tertiary alicyclic amines) is 1. The maximum atomic E-state index is 12.1. The first-order valence-corrected chi connectivity index (χ1v) is 7.02. The molecule has 1 aliphatic heterocycles. The molecular weight excluding hydrogens is 254 g/mol. The Morgan fingerprint density at radius 3 is 2.45 bits per heavy atom. The smallest absolute Gasteiger partial charge is 0.311 e. The number of carbonyl (C=O) groups excluding carboxylic acids is 2. The summed E-state index contributed by atoms with van der Waals surface area (Å²) in [6, 6.07) is 3.63. The first kappa shape index (κ1) is 14.5. The largest absolute Gasteiger partial charge is 0.344 e. The third-order valence-electron chi connectivity index (χ3n) is 3.55. The first-order valence-electron chi connectivity index (χ1n) is 7.02. The number of rotatable bonds is 2. The van der Waals surface area contributed by atoms with Crippen molar-refractivity contribution in [3.8, 4) is 0 Å². The van der Waals surface area contributed by atoms with Crippen LogP contribution in [0.5, 0.6) is 0 Å². The van der Waals surface area contributed by atoms with E-state index in [0.717, 1.165) is 12.0 Å². The number of hydrogen-bond acceptors (Lipinski definition) is 3. The minimum Gasteiger partial charge on any atom is -0.344 e. The molecule has 20 heavy (non-hydrogen) atoms. The molecule has 0 radical (unpaired) electrons. The van der Waals surface area contributed by atoms with Crippen LogP contribution in [-0.2, 0) is 16.1 Å². The molecule has 1 N–H and O–H groups in total. The van der Waals surface area contributed by atoms with Crippen molar-refractivity contribution in [2.24, 2.45) is 11.8 Å². The third-order valence-corrected chi connectivity index (χ3v) is 3.55. The molecule has 0 spiro atoms. The normalized spacial score (nSPS) is 22.4. The monoisotopic (exact) mass is 275 g/mol. The zero-order valence-corrected chi connectivity index (χ0v) is 12.0. The highest BCUT2D eigenvalue weighted by Gasteiger charge is 2.28. The van der Waals surface area contributed by atoms with E-state index in [1.165, 1.54) is 0 Å². The Morgan fingerprint density at radius 2 is 1.85 bits per heavy atom. The van der Waals surface area contributed by atoms with Crippen molar-refractivity contribution < 1.29 is 9.59 Å². The molecular formula is C15H21N3O2. The standard InChI is InChI=1S/C15H21N3O2/c1-11-7-12(2)10-18(9-11)15(20)14(19)17-8-13-3-5-16-6-4-13/h3-6,11-12H,7-10H2,1-2H3,(H,17,19). The summed E-state index contributed by atoms with van der Waals surface area (Å²) in [5.41, 5.74) is 0.932. The highest BCUT2D eigenvalue weighted by atomic mass is 16.2. The lowest BCUT2D eigenvalue weighted by atomic mass is 9.92. The minimum atomic E-state index is -0.525. The molecule has 1 saturated heterocycles. The SMILES string of the molecule is CC1CC(C)CN(C(=O)C(=O)NCc2ccncc2)C1. The quantitative estimate of drug-likeness (QED) is 0.825. The predicted octanol–water partition coefficient (Wildman–Crippen LogP) is 1.20. The Bertz CT molecular complexity index is 465.